The lowest BCUT2D eigenvalue weighted by molar-refractivity contribution is -0.143. The van der Waals surface area contributed by atoms with E-state index in [9.17, 15) is 26.3 Å². The lowest BCUT2D eigenvalue weighted by atomic mass is 10.0. The molecule has 1 saturated carbocycles. The van der Waals surface area contributed by atoms with Gasteiger partial charge in [0.2, 0.25) is 0 Å². The van der Waals surface area contributed by atoms with Gasteiger partial charge in [-0.15, -0.1) is 5.10 Å². The maximum Gasteiger partial charge on any atom is 0.416 e. The van der Waals surface area contributed by atoms with Gasteiger partial charge in [-0.05, 0) is 72.9 Å². The van der Waals surface area contributed by atoms with E-state index in [0.29, 0.717) is 47.3 Å². The van der Waals surface area contributed by atoms with Crippen LogP contribution in [0, 0.1) is 5.92 Å². The van der Waals surface area contributed by atoms with E-state index in [1.165, 1.54) is 23.0 Å². The number of rotatable bonds is 10. The van der Waals surface area contributed by atoms with Crippen molar-refractivity contribution >= 4 is 11.8 Å². The summed E-state index contributed by atoms with van der Waals surface area (Å²) in [5, 5.41) is 12.1. The quantitative estimate of drug-likeness (QED) is 0.178. The van der Waals surface area contributed by atoms with Gasteiger partial charge in [0.15, 0.2) is 0 Å². The number of pyridine rings is 1. The van der Waals surface area contributed by atoms with Crippen LogP contribution in [0.4, 0.5) is 38.1 Å². The van der Waals surface area contributed by atoms with Gasteiger partial charge in [0, 0.05) is 37.0 Å². The Hall–Kier alpha value is -4.10. The number of nitrogens with zero attached hydrogens (tertiary/aromatic N) is 7. The molecule has 0 radical (unpaired) electrons. The number of furan rings is 1. The number of hydrogen-bond acceptors (Lipinski definition) is 7. The molecule has 0 unspecified atom stereocenters. The van der Waals surface area contributed by atoms with Crippen molar-refractivity contribution in [2.24, 2.45) is 13.0 Å². The molecule has 5 rings (SSSR count). The monoisotopic (exact) mass is 607 g/mol. The van der Waals surface area contributed by atoms with Crippen LogP contribution in [0.2, 0.25) is 0 Å². The molecule has 230 valence electrons. The molecule has 0 bridgehead atoms. The highest BCUT2D eigenvalue weighted by atomic mass is 19.4. The van der Waals surface area contributed by atoms with Gasteiger partial charge in [-0.2, -0.15) is 31.1 Å². The van der Waals surface area contributed by atoms with E-state index < -0.39 is 23.5 Å². The smallest absolute Gasteiger partial charge is 0.416 e. The van der Waals surface area contributed by atoms with Crippen LogP contribution >= 0.6 is 0 Å². The molecule has 0 N–H and O–H groups in total. The highest BCUT2D eigenvalue weighted by Crippen LogP contribution is 2.38. The lowest BCUT2D eigenvalue weighted by Crippen LogP contribution is -2.32. The van der Waals surface area contributed by atoms with Gasteiger partial charge in [0.05, 0.1) is 31.0 Å². The second-order valence-corrected chi connectivity index (χ2v) is 10.7. The molecule has 1 aromatic carbocycles. The van der Waals surface area contributed by atoms with Gasteiger partial charge < -0.3 is 14.2 Å². The van der Waals surface area contributed by atoms with Crippen LogP contribution in [0.15, 0.2) is 53.3 Å². The van der Waals surface area contributed by atoms with Gasteiger partial charge in [0.1, 0.15) is 11.6 Å². The number of tetrazole rings is 1. The molecule has 3 aromatic heterocycles. The first kappa shape index (κ1) is 30.4. The molecule has 8 nitrogen and oxygen atoms in total. The third-order valence-corrected chi connectivity index (χ3v) is 7.60. The van der Waals surface area contributed by atoms with Crippen molar-refractivity contribution in [1.82, 2.24) is 25.2 Å². The Labute approximate surface area is 244 Å². The van der Waals surface area contributed by atoms with Crippen molar-refractivity contribution in [3.05, 3.63) is 71.1 Å². The summed E-state index contributed by atoms with van der Waals surface area (Å²) >= 11 is 0. The Morgan fingerprint density at radius 1 is 0.953 bits per heavy atom. The summed E-state index contributed by atoms with van der Waals surface area (Å²) < 4.78 is 87.7. The van der Waals surface area contributed by atoms with E-state index in [1.807, 2.05) is 6.92 Å². The summed E-state index contributed by atoms with van der Waals surface area (Å²) in [5.41, 5.74) is -1.63. The van der Waals surface area contributed by atoms with E-state index in [-0.39, 0.29) is 30.7 Å². The van der Waals surface area contributed by atoms with Crippen molar-refractivity contribution in [3.63, 3.8) is 0 Å². The Morgan fingerprint density at radius 2 is 1.65 bits per heavy atom. The largest absolute Gasteiger partial charge is 0.464 e. The average Bonchev–Trinajstić information content (AvgIpc) is 3.74. The van der Waals surface area contributed by atoms with Crippen LogP contribution in [0.25, 0.3) is 11.3 Å². The molecule has 4 aromatic rings. The molecule has 0 saturated heterocycles. The fourth-order valence-corrected chi connectivity index (χ4v) is 5.56. The van der Waals surface area contributed by atoms with Crippen molar-refractivity contribution in [3.8, 4) is 11.3 Å². The number of aryl methyl sites for hydroxylation is 1. The molecular weight excluding hydrogens is 576 g/mol. The maximum absolute atomic E-state index is 13.7. The molecular formula is C29H31F6N7O. The minimum Gasteiger partial charge on any atom is -0.464 e. The third-order valence-electron chi connectivity index (χ3n) is 7.60. The summed E-state index contributed by atoms with van der Waals surface area (Å²) in [7, 11) is 1.52. The molecule has 43 heavy (non-hydrogen) atoms. The first-order chi connectivity index (χ1) is 20.4. The van der Waals surface area contributed by atoms with Crippen LogP contribution in [-0.2, 0) is 32.5 Å². The maximum atomic E-state index is 13.7. The highest BCUT2D eigenvalue weighted by molar-refractivity contribution is 5.69. The molecule has 0 spiro atoms. The van der Waals surface area contributed by atoms with Gasteiger partial charge in [-0.3, -0.25) is 0 Å². The number of benzene rings is 1. The molecule has 0 aliphatic heterocycles. The topological polar surface area (TPSA) is 76.1 Å². The fourth-order valence-electron chi connectivity index (χ4n) is 5.56. The zero-order valence-electron chi connectivity index (χ0n) is 23.7. The van der Waals surface area contributed by atoms with E-state index in [4.69, 9.17) is 9.40 Å². The highest BCUT2D eigenvalue weighted by Gasteiger charge is 2.37. The molecule has 3 heterocycles. The number of anilines is 2. The van der Waals surface area contributed by atoms with Crippen molar-refractivity contribution in [2.75, 3.05) is 22.9 Å². The van der Waals surface area contributed by atoms with Crippen LogP contribution in [-0.4, -0.2) is 38.3 Å². The zero-order valence-corrected chi connectivity index (χ0v) is 23.7. The van der Waals surface area contributed by atoms with Crippen LogP contribution in [0.5, 0.6) is 0 Å². The number of alkyl halides is 6. The first-order valence-corrected chi connectivity index (χ1v) is 14.0. The van der Waals surface area contributed by atoms with E-state index in [0.717, 1.165) is 32.2 Å². The third kappa shape index (κ3) is 7.11. The Morgan fingerprint density at radius 3 is 2.21 bits per heavy atom. The summed E-state index contributed by atoms with van der Waals surface area (Å²) in [6.07, 6.45) is -2.21. The van der Waals surface area contributed by atoms with Gasteiger partial charge >= 0.3 is 12.4 Å². The van der Waals surface area contributed by atoms with E-state index >= 15 is 0 Å². The number of aromatic nitrogens is 5. The molecule has 0 amide bonds. The van der Waals surface area contributed by atoms with Crippen molar-refractivity contribution in [1.29, 1.82) is 0 Å². The number of halogens is 6. The van der Waals surface area contributed by atoms with Crippen LogP contribution in [0.3, 0.4) is 0 Å². The van der Waals surface area contributed by atoms with E-state index in [1.54, 1.807) is 24.4 Å². The Kier molecular flexibility index (Phi) is 8.65. The number of hydrogen-bond donors (Lipinski definition) is 0. The molecule has 1 aliphatic carbocycles. The van der Waals surface area contributed by atoms with E-state index in [2.05, 4.69) is 20.3 Å². The summed E-state index contributed by atoms with van der Waals surface area (Å²) in [6.45, 7) is 3.07. The predicted molar refractivity (Wildman–Crippen MR) is 147 cm³/mol. The molecule has 0 atom stereocenters. The Balaban J connectivity index is 1.60. The summed E-state index contributed by atoms with van der Waals surface area (Å²) in [6, 6.07) is 6.84. The zero-order chi connectivity index (χ0) is 30.8. The van der Waals surface area contributed by atoms with Gasteiger partial charge in [-0.1, -0.05) is 17.9 Å². The van der Waals surface area contributed by atoms with Crippen LogP contribution < -0.4 is 9.80 Å². The second-order valence-electron chi connectivity index (χ2n) is 10.7. The predicted octanol–water partition coefficient (Wildman–Crippen LogP) is 7.13. The van der Waals surface area contributed by atoms with Crippen molar-refractivity contribution < 1.29 is 30.8 Å². The minimum atomic E-state index is -4.98. The molecule has 1 fully saturated rings. The standard InChI is InChI=1S/C29H31F6N7O/c1-3-41(16-19-7-4-5-8-19)26-24(23(10-11-36-26)25-9-6-12-43-25)18-42(27-37-39-40(2)38-27)17-20-13-21(28(30,31)32)15-22(14-20)29(33,34)35/h6,9-15,19H,3-5,7-8,16-18H2,1-2H3. The minimum absolute atomic E-state index is 0.00363. The summed E-state index contributed by atoms with van der Waals surface area (Å²) in [4.78, 5) is 9.54. The van der Waals surface area contributed by atoms with Gasteiger partial charge in [-0.25, -0.2) is 4.98 Å². The second kappa shape index (κ2) is 12.3. The fraction of sp³-hybridized carbons (Fsp3) is 0.448. The molecule has 14 heteroatoms. The van der Waals surface area contributed by atoms with Gasteiger partial charge in [0.25, 0.3) is 5.95 Å². The molecule has 1 aliphatic rings. The normalized spacial score (nSPS) is 14.4. The van der Waals surface area contributed by atoms with Crippen molar-refractivity contribution in [2.45, 2.75) is 58.0 Å². The van der Waals surface area contributed by atoms with Crippen LogP contribution in [0.1, 0.15) is 54.9 Å². The lowest BCUT2D eigenvalue weighted by Gasteiger charge is -2.30. The Bertz CT molecular complexity index is 1480. The first-order valence-electron chi connectivity index (χ1n) is 14.0. The summed E-state index contributed by atoms with van der Waals surface area (Å²) in [5.74, 6) is 1.72. The average molecular weight is 608 g/mol. The SMILES string of the molecule is CCN(CC1CCCC1)c1nccc(-c2ccco2)c1CN(Cc1cc(C(F)(F)F)cc(C(F)(F)F)c1)c1nnn(C)n1.